The van der Waals surface area contributed by atoms with Crippen LogP contribution in [-0.2, 0) is 14.8 Å². The highest BCUT2D eigenvalue weighted by Crippen LogP contribution is 2.25. The normalized spacial score (nSPS) is 11.9. The molecule has 2 aromatic carbocycles. The molecule has 162 valence electrons. The van der Waals surface area contributed by atoms with Crippen molar-refractivity contribution in [3.63, 3.8) is 0 Å². The first-order valence-electron chi connectivity index (χ1n) is 9.84. The second kappa shape index (κ2) is 9.67. The zero-order valence-corrected chi connectivity index (χ0v) is 18.4. The molecule has 0 saturated heterocycles. The van der Waals surface area contributed by atoms with Gasteiger partial charge in [-0.25, -0.2) is 8.42 Å². The summed E-state index contributed by atoms with van der Waals surface area (Å²) in [6.45, 7) is 6.11. The van der Waals surface area contributed by atoms with Crippen LogP contribution in [0.4, 0.5) is 5.69 Å². The lowest BCUT2D eigenvalue weighted by Gasteiger charge is -2.18. The van der Waals surface area contributed by atoms with Crippen LogP contribution in [0.15, 0.2) is 64.0 Å². The minimum absolute atomic E-state index is 0.224. The van der Waals surface area contributed by atoms with Crippen LogP contribution in [0.3, 0.4) is 0 Å². The van der Waals surface area contributed by atoms with E-state index < -0.39 is 10.0 Å². The Balaban J connectivity index is 1.72. The fourth-order valence-corrected chi connectivity index (χ4v) is 4.46. The first kappa shape index (κ1) is 22.4. The monoisotopic (exact) mass is 440 g/mol. The second-order valence-corrected chi connectivity index (χ2v) is 8.60. The van der Waals surface area contributed by atoms with E-state index in [1.807, 2.05) is 6.07 Å². The molecule has 0 saturated carbocycles. The van der Waals surface area contributed by atoms with Gasteiger partial charge in [-0.1, -0.05) is 43.3 Å². The molecule has 0 unspecified atom stereocenters. The number of hydrogen-bond donors (Lipinski definition) is 1. The van der Waals surface area contributed by atoms with Gasteiger partial charge in [0.1, 0.15) is 0 Å². The lowest BCUT2D eigenvalue weighted by Crippen LogP contribution is -2.30. The van der Waals surface area contributed by atoms with Gasteiger partial charge in [-0.15, -0.1) is 0 Å². The zero-order valence-electron chi connectivity index (χ0n) is 17.6. The molecule has 1 amide bonds. The van der Waals surface area contributed by atoms with Crippen molar-refractivity contribution in [3.05, 3.63) is 66.1 Å². The highest BCUT2D eigenvalue weighted by molar-refractivity contribution is 7.89. The van der Waals surface area contributed by atoms with Crippen LogP contribution in [-0.4, -0.2) is 41.9 Å². The number of rotatable bonds is 8. The minimum Gasteiger partial charge on any atom is -0.339 e. The van der Waals surface area contributed by atoms with E-state index >= 15 is 0 Å². The van der Waals surface area contributed by atoms with Crippen molar-refractivity contribution < 1.29 is 17.7 Å². The molecule has 0 bridgehead atoms. The van der Waals surface area contributed by atoms with Crippen molar-refractivity contribution in [3.8, 4) is 11.4 Å². The number of sulfonamides is 1. The molecule has 1 heterocycles. The van der Waals surface area contributed by atoms with Gasteiger partial charge in [0.2, 0.25) is 27.6 Å². The topological polar surface area (TPSA) is 105 Å². The number of nitrogens with zero attached hydrogens (tertiary/aromatic N) is 3. The minimum atomic E-state index is -3.51. The number of aryl methyl sites for hydroxylation is 1. The molecule has 0 spiro atoms. The number of benzene rings is 2. The van der Waals surface area contributed by atoms with E-state index in [2.05, 4.69) is 15.5 Å². The molecule has 9 heteroatoms. The van der Waals surface area contributed by atoms with E-state index in [0.717, 1.165) is 0 Å². The third kappa shape index (κ3) is 5.25. The molecule has 3 rings (SSSR count). The molecule has 0 aliphatic heterocycles. The Kier molecular flexibility index (Phi) is 6.98. The Labute approximate surface area is 181 Å². The molecule has 0 fully saturated rings. The summed E-state index contributed by atoms with van der Waals surface area (Å²) >= 11 is 0. The molecule has 0 aliphatic carbocycles. The number of carbonyl (C=O) groups is 1. The maximum atomic E-state index is 12.6. The Hall–Kier alpha value is -3.30. The van der Waals surface area contributed by atoms with Crippen LogP contribution < -0.4 is 5.32 Å². The molecule has 3 aromatic rings. The van der Waals surface area contributed by atoms with Crippen LogP contribution in [0.2, 0.25) is 0 Å². The van der Waals surface area contributed by atoms with Gasteiger partial charge in [0.05, 0.1) is 10.6 Å². The van der Waals surface area contributed by atoms with Crippen molar-refractivity contribution in [2.45, 2.75) is 25.7 Å². The summed E-state index contributed by atoms with van der Waals surface area (Å²) in [7, 11) is -3.51. The summed E-state index contributed by atoms with van der Waals surface area (Å²) in [5, 5.41) is 6.70. The van der Waals surface area contributed by atoms with Gasteiger partial charge < -0.3 is 9.84 Å². The van der Waals surface area contributed by atoms with Crippen molar-refractivity contribution in [2.75, 3.05) is 18.4 Å². The Bertz CT molecular complexity index is 1180. The van der Waals surface area contributed by atoms with Gasteiger partial charge in [-0.05, 0) is 35.9 Å². The van der Waals surface area contributed by atoms with Gasteiger partial charge in [0.25, 0.3) is 0 Å². The number of carbonyl (C=O) groups excluding carboxylic acids is 1. The summed E-state index contributed by atoms with van der Waals surface area (Å²) in [6, 6.07) is 13.6. The number of aromatic nitrogens is 2. The summed E-state index contributed by atoms with van der Waals surface area (Å²) in [4.78, 5) is 16.8. The highest BCUT2D eigenvalue weighted by Gasteiger charge is 2.21. The Morgan fingerprint density at radius 2 is 1.77 bits per heavy atom. The predicted octanol–water partition coefficient (Wildman–Crippen LogP) is 3.73. The first-order chi connectivity index (χ1) is 14.8. The Morgan fingerprint density at radius 1 is 1.10 bits per heavy atom. The van der Waals surface area contributed by atoms with Gasteiger partial charge >= 0.3 is 0 Å². The van der Waals surface area contributed by atoms with E-state index in [9.17, 15) is 13.2 Å². The molecular formula is C22H24N4O4S. The van der Waals surface area contributed by atoms with Crippen molar-refractivity contribution in [1.82, 2.24) is 14.4 Å². The maximum absolute atomic E-state index is 12.6. The molecule has 31 heavy (non-hydrogen) atoms. The fraction of sp³-hybridized carbons (Fsp3) is 0.227. The molecular weight excluding hydrogens is 416 g/mol. The Morgan fingerprint density at radius 3 is 2.39 bits per heavy atom. The van der Waals surface area contributed by atoms with Crippen LogP contribution in [0.25, 0.3) is 17.5 Å². The quantitative estimate of drug-likeness (QED) is 0.535. The summed E-state index contributed by atoms with van der Waals surface area (Å²) < 4.78 is 31.5. The fourth-order valence-electron chi connectivity index (χ4n) is 3.01. The summed E-state index contributed by atoms with van der Waals surface area (Å²) in [6.07, 6.45) is 3.00. The average Bonchev–Trinajstić information content (AvgIpc) is 3.20. The van der Waals surface area contributed by atoms with E-state index in [-0.39, 0.29) is 10.8 Å². The van der Waals surface area contributed by atoms with Crippen molar-refractivity contribution >= 4 is 27.7 Å². The third-order valence-corrected chi connectivity index (χ3v) is 6.67. The molecule has 1 N–H and O–H groups in total. The lowest BCUT2D eigenvalue weighted by molar-refractivity contribution is -0.111. The van der Waals surface area contributed by atoms with Crippen molar-refractivity contribution in [2.24, 2.45) is 0 Å². The van der Waals surface area contributed by atoms with Crippen LogP contribution >= 0.6 is 0 Å². The van der Waals surface area contributed by atoms with E-state index in [1.165, 1.54) is 10.4 Å². The molecule has 0 radical (unpaired) electrons. The maximum Gasteiger partial charge on any atom is 0.248 e. The predicted molar refractivity (Wildman–Crippen MR) is 119 cm³/mol. The largest absolute Gasteiger partial charge is 0.339 e. The van der Waals surface area contributed by atoms with Crippen LogP contribution in [0.5, 0.6) is 0 Å². The second-order valence-electron chi connectivity index (χ2n) is 6.66. The SMILES string of the molecule is CCN(CC)S(=O)(=O)c1ccc(/C=C/C(=O)Nc2ccccc2-c2noc(C)n2)cc1. The summed E-state index contributed by atoms with van der Waals surface area (Å²) in [5.74, 6) is 0.484. The zero-order chi connectivity index (χ0) is 22.4. The number of para-hydroxylation sites is 1. The third-order valence-electron chi connectivity index (χ3n) is 4.60. The molecule has 1 aromatic heterocycles. The van der Waals surface area contributed by atoms with Gasteiger partial charge in [0, 0.05) is 31.7 Å². The molecule has 0 atom stereocenters. The van der Waals surface area contributed by atoms with Gasteiger partial charge in [-0.2, -0.15) is 9.29 Å². The molecule has 8 nitrogen and oxygen atoms in total. The molecule has 0 aliphatic rings. The number of amides is 1. The summed E-state index contributed by atoms with van der Waals surface area (Å²) in [5.41, 5.74) is 1.90. The first-order valence-corrected chi connectivity index (χ1v) is 11.3. The van der Waals surface area contributed by atoms with Crippen molar-refractivity contribution in [1.29, 1.82) is 0 Å². The highest BCUT2D eigenvalue weighted by atomic mass is 32.2. The van der Waals surface area contributed by atoms with Gasteiger partial charge in [0.15, 0.2) is 0 Å². The van der Waals surface area contributed by atoms with Crippen LogP contribution in [0.1, 0.15) is 25.3 Å². The van der Waals surface area contributed by atoms with E-state index in [1.54, 1.807) is 69.3 Å². The number of nitrogens with one attached hydrogen (secondary N) is 1. The smallest absolute Gasteiger partial charge is 0.248 e. The van der Waals surface area contributed by atoms with E-state index in [4.69, 9.17) is 4.52 Å². The lowest BCUT2D eigenvalue weighted by atomic mass is 10.1. The van der Waals surface area contributed by atoms with Gasteiger partial charge in [-0.3, -0.25) is 4.79 Å². The number of anilines is 1. The average molecular weight is 441 g/mol. The van der Waals surface area contributed by atoms with Crippen LogP contribution in [0, 0.1) is 6.92 Å². The standard InChI is InChI=1S/C22H24N4O4S/c1-4-26(5-2)31(28,29)18-13-10-17(11-14-18)12-15-21(27)24-20-9-7-6-8-19(20)22-23-16(3)30-25-22/h6-15H,4-5H2,1-3H3,(H,24,27)/b15-12+. The van der Waals surface area contributed by atoms with E-state index in [0.29, 0.717) is 41.6 Å². The number of hydrogen-bond acceptors (Lipinski definition) is 6.